The van der Waals surface area contributed by atoms with E-state index in [4.69, 9.17) is 13.6 Å². The fourth-order valence-corrected chi connectivity index (χ4v) is 1.47. The molecule has 2 rings (SSSR count). The van der Waals surface area contributed by atoms with E-state index in [0.717, 1.165) is 12.1 Å². The smallest absolute Gasteiger partial charge is 0.314 e. The lowest BCUT2D eigenvalue weighted by molar-refractivity contribution is -0.385. The van der Waals surface area contributed by atoms with Crippen LogP contribution in [0.4, 0.5) is 11.4 Å². The van der Waals surface area contributed by atoms with Crippen molar-refractivity contribution < 1.29 is 23.3 Å². The van der Waals surface area contributed by atoms with E-state index < -0.39 is 24.4 Å². The number of rotatable bonds is 2. The summed E-state index contributed by atoms with van der Waals surface area (Å²) in [6.07, 6.45) is 0. The fraction of sp³-hybridized carbons (Fsp3) is 0.300. The van der Waals surface area contributed by atoms with Gasteiger partial charge >= 0.3 is 5.69 Å². The molecule has 0 aliphatic carbocycles. The number of nitro benzene ring substituents is 1. The number of ether oxygens (including phenoxy) is 2. The van der Waals surface area contributed by atoms with Crippen molar-refractivity contribution in [3.8, 4) is 11.5 Å². The SMILES string of the molecule is [2H]C([2H])([2H])N1C(=O)COc2cc([N+](=O)[O-])c(OC)cc21. The van der Waals surface area contributed by atoms with Gasteiger partial charge in [-0.2, -0.15) is 0 Å². The Morgan fingerprint density at radius 2 is 2.41 bits per heavy atom. The van der Waals surface area contributed by atoms with Crippen molar-refractivity contribution in [1.82, 2.24) is 0 Å². The minimum Gasteiger partial charge on any atom is -0.490 e. The van der Waals surface area contributed by atoms with Gasteiger partial charge in [-0.15, -0.1) is 0 Å². The molecule has 0 saturated heterocycles. The van der Waals surface area contributed by atoms with Crippen LogP contribution >= 0.6 is 0 Å². The van der Waals surface area contributed by atoms with Crippen molar-refractivity contribution in [2.24, 2.45) is 0 Å². The number of carbonyl (C=O) groups is 1. The van der Waals surface area contributed by atoms with Crippen molar-refractivity contribution >= 4 is 17.3 Å². The quantitative estimate of drug-likeness (QED) is 0.569. The first-order valence-corrected chi connectivity index (χ1v) is 4.58. The fourth-order valence-electron chi connectivity index (χ4n) is 1.47. The molecule has 90 valence electrons. The second kappa shape index (κ2) is 3.93. The second-order valence-electron chi connectivity index (χ2n) is 3.27. The predicted octanol–water partition coefficient (Wildman–Crippen LogP) is 0.959. The summed E-state index contributed by atoms with van der Waals surface area (Å²) in [5, 5.41) is 10.9. The van der Waals surface area contributed by atoms with Gasteiger partial charge in [-0.25, -0.2) is 0 Å². The summed E-state index contributed by atoms with van der Waals surface area (Å²) in [6.45, 7) is -3.20. The normalized spacial score (nSPS) is 17.4. The van der Waals surface area contributed by atoms with Crippen LogP contribution in [-0.4, -0.2) is 31.5 Å². The molecule has 1 heterocycles. The molecule has 0 spiro atoms. The second-order valence-corrected chi connectivity index (χ2v) is 3.27. The molecule has 1 aromatic carbocycles. The van der Waals surface area contributed by atoms with Gasteiger partial charge in [0.05, 0.1) is 23.8 Å². The van der Waals surface area contributed by atoms with Gasteiger partial charge in [0.15, 0.2) is 18.1 Å². The third-order valence-corrected chi connectivity index (χ3v) is 2.30. The van der Waals surface area contributed by atoms with Gasteiger partial charge in [-0.1, -0.05) is 0 Å². The highest BCUT2D eigenvalue weighted by molar-refractivity contribution is 5.98. The van der Waals surface area contributed by atoms with Gasteiger partial charge in [-0.05, 0) is 0 Å². The summed E-state index contributed by atoms with van der Waals surface area (Å²) in [6, 6.07) is 2.15. The number of anilines is 1. The van der Waals surface area contributed by atoms with Crippen LogP contribution in [0.2, 0.25) is 0 Å². The van der Waals surface area contributed by atoms with E-state index in [0.29, 0.717) is 4.90 Å². The Bertz CT molecular complexity index is 587. The van der Waals surface area contributed by atoms with Crippen LogP contribution in [0, 0.1) is 10.1 Å². The van der Waals surface area contributed by atoms with Gasteiger partial charge in [-0.3, -0.25) is 14.9 Å². The molecule has 17 heavy (non-hydrogen) atoms. The lowest BCUT2D eigenvalue weighted by atomic mass is 10.2. The molecule has 1 aromatic rings. The number of fused-ring (bicyclic) bond motifs is 1. The monoisotopic (exact) mass is 241 g/mol. The topological polar surface area (TPSA) is 81.9 Å². The van der Waals surface area contributed by atoms with Gasteiger partial charge in [0.25, 0.3) is 5.91 Å². The van der Waals surface area contributed by atoms with Crippen LogP contribution < -0.4 is 14.4 Å². The predicted molar refractivity (Wildman–Crippen MR) is 58.6 cm³/mol. The first kappa shape index (κ1) is 7.88. The molecule has 7 nitrogen and oxygen atoms in total. The van der Waals surface area contributed by atoms with Crippen molar-refractivity contribution in [3.05, 3.63) is 22.2 Å². The van der Waals surface area contributed by atoms with Crippen LogP contribution in [0.3, 0.4) is 0 Å². The van der Waals surface area contributed by atoms with E-state index in [2.05, 4.69) is 0 Å². The third-order valence-electron chi connectivity index (χ3n) is 2.30. The molecular formula is C10H10N2O5. The highest BCUT2D eigenvalue weighted by Gasteiger charge is 2.27. The number of nitro groups is 1. The number of carbonyl (C=O) groups excluding carboxylic acids is 1. The van der Waals surface area contributed by atoms with Gasteiger partial charge in [0.2, 0.25) is 0 Å². The molecule has 0 saturated carbocycles. The Hall–Kier alpha value is -2.31. The highest BCUT2D eigenvalue weighted by Crippen LogP contribution is 2.40. The lowest BCUT2D eigenvalue weighted by Gasteiger charge is -2.25. The number of likely N-dealkylation sites (N-methyl/N-ethyl adjacent to an activating group) is 1. The molecule has 7 heteroatoms. The third kappa shape index (κ3) is 1.75. The summed E-state index contributed by atoms with van der Waals surface area (Å²) in [4.78, 5) is 22.5. The maximum absolute atomic E-state index is 11.7. The minimum absolute atomic E-state index is 0.0479. The summed E-state index contributed by atoms with van der Waals surface area (Å²) in [5.74, 6) is -0.956. The van der Waals surface area contributed by atoms with E-state index in [1.807, 2.05) is 0 Å². The maximum Gasteiger partial charge on any atom is 0.314 e. The van der Waals surface area contributed by atoms with Crippen LogP contribution in [0.25, 0.3) is 0 Å². The molecule has 0 radical (unpaired) electrons. The zero-order valence-corrected chi connectivity index (χ0v) is 8.80. The molecular weight excluding hydrogens is 228 g/mol. The molecule has 0 N–H and O–H groups in total. The Labute approximate surface area is 101 Å². The summed E-state index contributed by atoms with van der Waals surface area (Å²) >= 11 is 0. The van der Waals surface area contributed by atoms with Crippen molar-refractivity contribution in [2.45, 2.75) is 0 Å². The zero-order valence-electron chi connectivity index (χ0n) is 11.8. The summed E-state index contributed by atoms with van der Waals surface area (Å²) < 4.78 is 32.0. The number of methoxy groups -OCH3 is 1. The van der Waals surface area contributed by atoms with Gasteiger partial charge in [0.1, 0.15) is 0 Å². The highest BCUT2D eigenvalue weighted by atomic mass is 16.6. The van der Waals surface area contributed by atoms with E-state index in [9.17, 15) is 14.9 Å². The Kier molecular flexibility index (Phi) is 1.82. The molecule has 0 bridgehead atoms. The standard InChI is InChI=1S/C10H10N2O5/c1-11-6-3-8(16-2)7(12(14)15)4-9(6)17-5-10(11)13/h3-4H,5H2,1-2H3/i1D3. The van der Waals surface area contributed by atoms with Crippen LogP contribution in [0.15, 0.2) is 12.1 Å². The van der Waals surface area contributed by atoms with E-state index in [1.165, 1.54) is 7.11 Å². The van der Waals surface area contributed by atoms with E-state index in [1.54, 1.807) is 0 Å². The summed E-state index contributed by atoms with van der Waals surface area (Å²) in [5.41, 5.74) is -0.449. The Morgan fingerprint density at radius 1 is 1.65 bits per heavy atom. The van der Waals surface area contributed by atoms with Gasteiger partial charge < -0.3 is 14.4 Å². The van der Waals surface area contributed by atoms with Crippen molar-refractivity contribution in [2.75, 3.05) is 25.6 Å². The lowest BCUT2D eigenvalue weighted by Crippen LogP contribution is -2.35. The van der Waals surface area contributed by atoms with Crippen LogP contribution in [-0.2, 0) is 4.79 Å². The number of benzene rings is 1. The molecule has 0 unspecified atom stereocenters. The average Bonchev–Trinajstić information content (AvgIpc) is 2.35. The average molecular weight is 241 g/mol. The number of nitrogens with zero attached hydrogens (tertiary/aromatic N) is 2. The van der Waals surface area contributed by atoms with Gasteiger partial charge in [0, 0.05) is 17.2 Å². The largest absolute Gasteiger partial charge is 0.490 e. The molecule has 0 atom stereocenters. The number of hydrogen-bond donors (Lipinski definition) is 0. The summed E-state index contributed by atoms with van der Waals surface area (Å²) in [7, 11) is 1.21. The Balaban J connectivity index is 2.64. The molecule has 1 aliphatic heterocycles. The Morgan fingerprint density at radius 3 is 3.00 bits per heavy atom. The first-order chi connectivity index (χ1) is 9.25. The molecule has 1 amide bonds. The van der Waals surface area contributed by atoms with E-state index >= 15 is 0 Å². The zero-order chi connectivity index (χ0) is 15.1. The number of amides is 1. The molecule has 0 fully saturated rings. The maximum atomic E-state index is 11.7. The molecule has 1 aliphatic rings. The number of hydrogen-bond acceptors (Lipinski definition) is 5. The first-order valence-electron chi connectivity index (χ1n) is 6.08. The molecule has 0 aromatic heterocycles. The van der Waals surface area contributed by atoms with Crippen LogP contribution in [0.5, 0.6) is 11.5 Å². The van der Waals surface area contributed by atoms with Crippen molar-refractivity contribution in [3.63, 3.8) is 0 Å². The van der Waals surface area contributed by atoms with Crippen LogP contribution in [0.1, 0.15) is 4.11 Å². The van der Waals surface area contributed by atoms with Crippen molar-refractivity contribution in [1.29, 1.82) is 0 Å². The minimum atomic E-state index is -2.71. The van der Waals surface area contributed by atoms with E-state index in [-0.39, 0.29) is 22.9 Å².